The van der Waals surface area contributed by atoms with E-state index >= 15 is 0 Å². The van der Waals surface area contributed by atoms with Gasteiger partial charge in [-0.1, -0.05) is 29.8 Å². The first-order valence-corrected chi connectivity index (χ1v) is 7.87. The summed E-state index contributed by atoms with van der Waals surface area (Å²) in [6.07, 6.45) is 0. The zero-order valence-corrected chi connectivity index (χ0v) is 13.7. The Labute approximate surface area is 135 Å². The molecule has 2 aromatic carbocycles. The first-order valence-electron chi connectivity index (χ1n) is 6.54. The van der Waals surface area contributed by atoms with Crippen molar-refractivity contribution >= 4 is 38.6 Å². The van der Waals surface area contributed by atoms with E-state index in [2.05, 4.69) is 45.2 Å². The van der Waals surface area contributed by atoms with Crippen molar-refractivity contribution in [2.75, 3.05) is 0 Å². The minimum Gasteiger partial charge on any atom is -0.322 e. The number of aryl methyl sites for hydroxylation is 1. The van der Waals surface area contributed by atoms with Gasteiger partial charge in [-0.15, -0.1) is 11.6 Å². The predicted octanol–water partition coefficient (Wildman–Crippen LogP) is 5.03. The smallest absolute Gasteiger partial charge is 0.139 e. The molecule has 0 aliphatic heterocycles. The molecule has 0 aliphatic rings. The van der Waals surface area contributed by atoms with Gasteiger partial charge in [0.25, 0.3) is 0 Å². The van der Waals surface area contributed by atoms with E-state index in [0.29, 0.717) is 16.9 Å². The van der Waals surface area contributed by atoms with Gasteiger partial charge < -0.3 is 4.57 Å². The van der Waals surface area contributed by atoms with Crippen molar-refractivity contribution in [3.63, 3.8) is 0 Å². The van der Waals surface area contributed by atoms with Crippen molar-refractivity contribution in [1.29, 1.82) is 0 Å². The maximum absolute atomic E-state index is 13.8. The SMILES string of the molecule is Cc1ccc(Cn2c(CCl)nc3cc(Br)c(F)cc32)cc1. The van der Waals surface area contributed by atoms with Gasteiger partial charge in [0.1, 0.15) is 11.6 Å². The van der Waals surface area contributed by atoms with Crippen LogP contribution in [0.1, 0.15) is 17.0 Å². The van der Waals surface area contributed by atoms with Crippen molar-refractivity contribution in [2.24, 2.45) is 0 Å². The van der Waals surface area contributed by atoms with Crippen LogP contribution in [0.2, 0.25) is 0 Å². The molecule has 0 fully saturated rings. The summed E-state index contributed by atoms with van der Waals surface area (Å²) in [6, 6.07) is 11.4. The third kappa shape index (κ3) is 2.83. The third-order valence-corrected chi connectivity index (χ3v) is 4.30. The van der Waals surface area contributed by atoms with Gasteiger partial charge in [0.2, 0.25) is 0 Å². The molecule has 0 spiro atoms. The largest absolute Gasteiger partial charge is 0.322 e. The first-order chi connectivity index (χ1) is 10.1. The summed E-state index contributed by atoms with van der Waals surface area (Å²) in [7, 11) is 0. The Hall–Kier alpha value is -1.39. The molecule has 0 amide bonds. The van der Waals surface area contributed by atoms with Crippen molar-refractivity contribution in [2.45, 2.75) is 19.3 Å². The van der Waals surface area contributed by atoms with Crippen LogP contribution < -0.4 is 0 Å². The lowest BCUT2D eigenvalue weighted by Crippen LogP contribution is -2.04. The second-order valence-electron chi connectivity index (χ2n) is 4.99. The minimum absolute atomic E-state index is 0.291. The summed E-state index contributed by atoms with van der Waals surface area (Å²) in [5, 5.41) is 0. The van der Waals surface area contributed by atoms with Crippen LogP contribution in [0.15, 0.2) is 40.9 Å². The molecule has 5 heteroatoms. The molecule has 0 aliphatic carbocycles. The quantitative estimate of drug-likeness (QED) is 0.593. The van der Waals surface area contributed by atoms with Gasteiger partial charge in [-0.25, -0.2) is 9.37 Å². The molecule has 0 unspecified atom stereocenters. The van der Waals surface area contributed by atoms with Gasteiger partial charge in [0.15, 0.2) is 0 Å². The topological polar surface area (TPSA) is 17.8 Å². The number of hydrogen-bond donors (Lipinski definition) is 0. The number of benzene rings is 2. The number of aromatic nitrogens is 2. The summed E-state index contributed by atoms with van der Waals surface area (Å²) < 4.78 is 16.2. The van der Waals surface area contributed by atoms with E-state index < -0.39 is 0 Å². The lowest BCUT2D eigenvalue weighted by molar-refractivity contribution is 0.621. The highest BCUT2D eigenvalue weighted by Gasteiger charge is 2.13. The standard InChI is InChI=1S/C16H13BrClFN2/c1-10-2-4-11(5-3-10)9-21-15-7-13(19)12(17)6-14(15)20-16(21)8-18/h2-7H,8-9H2,1H3. The maximum Gasteiger partial charge on any atom is 0.139 e. The Kier molecular flexibility index (Phi) is 4.00. The van der Waals surface area contributed by atoms with Gasteiger partial charge in [-0.2, -0.15) is 0 Å². The highest BCUT2D eigenvalue weighted by Crippen LogP contribution is 2.25. The zero-order chi connectivity index (χ0) is 15.0. The van der Waals surface area contributed by atoms with E-state index in [1.54, 1.807) is 6.07 Å². The van der Waals surface area contributed by atoms with Crippen LogP contribution in [0.4, 0.5) is 4.39 Å². The van der Waals surface area contributed by atoms with E-state index in [1.807, 2.05) is 11.5 Å². The highest BCUT2D eigenvalue weighted by molar-refractivity contribution is 9.10. The Morgan fingerprint density at radius 3 is 2.62 bits per heavy atom. The Morgan fingerprint density at radius 2 is 1.95 bits per heavy atom. The predicted molar refractivity (Wildman–Crippen MR) is 87.2 cm³/mol. The molecule has 0 atom stereocenters. The first kappa shape index (κ1) is 14.5. The second kappa shape index (κ2) is 5.78. The van der Waals surface area contributed by atoms with Crippen molar-refractivity contribution in [3.8, 4) is 0 Å². The van der Waals surface area contributed by atoms with E-state index in [1.165, 1.54) is 11.6 Å². The number of fused-ring (bicyclic) bond motifs is 1. The second-order valence-corrected chi connectivity index (χ2v) is 6.11. The molecule has 21 heavy (non-hydrogen) atoms. The molecule has 0 saturated heterocycles. The van der Waals surface area contributed by atoms with Gasteiger partial charge in [-0.3, -0.25) is 0 Å². The minimum atomic E-state index is -0.298. The van der Waals surface area contributed by atoms with Crippen LogP contribution in [-0.4, -0.2) is 9.55 Å². The molecule has 3 rings (SSSR count). The summed E-state index contributed by atoms with van der Waals surface area (Å²) in [4.78, 5) is 4.48. The average molecular weight is 368 g/mol. The van der Waals surface area contributed by atoms with Crippen LogP contribution >= 0.6 is 27.5 Å². The average Bonchev–Trinajstić information content (AvgIpc) is 2.79. The summed E-state index contributed by atoms with van der Waals surface area (Å²) in [5.74, 6) is 0.734. The molecule has 1 aromatic heterocycles. The highest BCUT2D eigenvalue weighted by atomic mass is 79.9. The summed E-state index contributed by atoms with van der Waals surface area (Å²) >= 11 is 9.18. The fourth-order valence-corrected chi connectivity index (χ4v) is 2.86. The van der Waals surface area contributed by atoms with Crippen molar-refractivity contribution in [3.05, 3.63) is 63.6 Å². The fraction of sp³-hybridized carbons (Fsp3) is 0.188. The number of rotatable bonds is 3. The molecule has 3 aromatic rings. The molecular weight excluding hydrogens is 355 g/mol. The number of halogens is 3. The molecule has 0 radical (unpaired) electrons. The summed E-state index contributed by atoms with van der Waals surface area (Å²) in [6.45, 7) is 2.67. The van der Waals surface area contributed by atoms with Gasteiger partial charge >= 0.3 is 0 Å². The molecule has 108 valence electrons. The number of hydrogen-bond acceptors (Lipinski definition) is 1. The molecule has 0 saturated carbocycles. The number of nitrogens with zero attached hydrogens (tertiary/aromatic N) is 2. The lowest BCUT2D eigenvalue weighted by atomic mass is 10.1. The van der Waals surface area contributed by atoms with E-state index in [4.69, 9.17) is 11.6 Å². The van der Waals surface area contributed by atoms with E-state index in [-0.39, 0.29) is 5.82 Å². The van der Waals surface area contributed by atoms with Crippen LogP contribution in [0.3, 0.4) is 0 Å². The van der Waals surface area contributed by atoms with Crippen LogP contribution in [-0.2, 0) is 12.4 Å². The Morgan fingerprint density at radius 1 is 1.24 bits per heavy atom. The van der Waals surface area contributed by atoms with Gasteiger partial charge in [-0.05, 0) is 34.5 Å². The van der Waals surface area contributed by atoms with E-state index in [0.717, 1.165) is 22.4 Å². The van der Waals surface area contributed by atoms with Gasteiger partial charge in [0, 0.05) is 12.6 Å². The van der Waals surface area contributed by atoms with Gasteiger partial charge in [0.05, 0.1) is 21.4 Å². The number of alkyl halides is 1. The maximum atomic E-state index is 13.8. The molecule has 0 bridgehead atoms. The molecule has 1 heterocycles. The zero-order valence-electron chi connectivity index (χ0n) is 11.4. The van der Waals surface area contributed by atoms with Crippen LogP contribution in [0.5, 0.6) is 0 Å². The normalized spacial score (nSPS) is 11.2. The number of imidazole rings is 1. The lowest BCUT2D eigenvalue weighted by Gasteiger charge is -2.08. The fourth-order valence-electron chi connectivity index (χ4n) is 2.32. The molecule has 2 nitrogen and oxygen atoms in total. The van der Waals surface area contributed by atoms with Crippen LogP contribution in [0.25, 0.3) is 11.0 Å². The van der Waals surface area contributed by atoms with Crippen LogP contribution in [0, 0.1) is 12.7 Å². The van der Waals surface area contributed by atoms with Crippen molar-refractivity contribution in [1.82, 2.24) is 9.55 Å². The Bertz CT molecular complexity index is 796. The molecule has 0 N–H and O–H groups in total. The Balaban J connectivity index is 2.11. The van der Waals surface area contributed by atoms with E-state index in [9.17, 15) is 4.39 Å². The third-order valence-electron chi connectivity index (χ3n) is 3.45. The monoisotopic (exact) mass is 366 g/mol. The summed E-state index contributed by atoms with van der Waals surface area (Å²) in [5.41, 5.74) is 3.84. The molecular formula is C16H13BrClFN2. The van der Waals surface area contributed by atoms with Crippen molar-refractivity contribution < 1.29 is 4.39 Å².